The van der Waals surface area contributed by atoms with E-state index in [4.69, 9.17) is 9.94 Å². The van der Waals surface area contributed by atoms with E-state index in [1.165, 1.54) is 0 Å². The Morgan fingerprint density at radius 1 is 1.48 bits per heavy atom. The van der Waals surface area contributed by atoms with Gasteiger partial charge in [-0.25, -0.2) is 0 Å². The zero-order valence-corrected chi connectivity index (χ0v) is 12.2. The van der Waals surface area contributed by atoms with E-state index in [2.05, 4.69) is 5.16 Å². The Labute approximate surface area is 124 Å². The van der Waals surface area contributed by atoms with Crippen LogP contribution in [0.15, 0.2) is 29.4 Å². The van der Waals surface area contributed by atoms with Crippen molar-refractivity contribution in [2.45, 2.75) is 32.3 Å². The molecule has 2 aliphatic heterocycles. The lowest BCUT2D eigenvalue weighted by molar-refractivity contribution is -0.138. The quantitative estimate of drug-likeness (QED) is 0.669. The number of hydrogen-bond donors (Lipinski definition) is 1. The fraction of sp³-hybridized carbons (Fsp3) is 0.500. The molecule has 2 aliphatic rings. The highest BCUT2D eigenvalue weighted by Gasteiger charge is 2.35. The molecule has 5 heteroatoms. The number of fused-ring (bicyclic) bond motifs is 1. The molecule has 0 aliphatic carbocycles. The van der Waals surface area contributed by atoms with E-state index in [0.717, 1.165) is 23.4 Å². The monoisotopic (exact) mass is 288 g/mol. The lowest BCUT2D eigenvalue weighted by Gasteiger charge is -2.34. The van der Waals surface area contributed by atoms with Gasteiger partial charge in [-0.05, 0) is 18.1 Å². The van der Waals surface area contributed by atoms with Gasteiger partial charge in [0.05, 0.1) is 5.71 Å². The Morgan fingerprint density at radius 2 is 2.29 bits per heavy atom. The lowest BCUT2D eigenvalue weighted by Crippen LogP contribution is -2.49. The zero-order valence-electron chi connectivity index (χ0n) is 12.2. The minimum Gasteiger partial charge on any atom is -0.480 e. The van der Waals surface area contributed by atoms with Gasteiger partial charge in [-0.15, -0.1) is 0 Å². The summed E-state index contributed by atoms with van der Waals surface area (Å²) in [6, 6.07) is 7.80. The van der Waals surface area contributed by atoms with Crippen LogP contribution in [0.4, 0.5) is 0 Å². The van der Waals surface area contributed by atoms with Crippen LogP contribution in [0, 0.1) is 5.92 Å². The van der Waals surface area contributed by atoms with Gasteiger partial charge in [-0.1, -0.05) is 30.3 Å². The number of amides is 1. The molecule has 0 saturated carbocycles. The fourth-order valence-electron chi connectivity index (χ4n) is 3.14. The molecule has 0 spiro atoms. The SMILES string of the molecule is CCC1CN(C(=O)C2Cc3ccccc3O2)CC/C1=N\O. The van der Waals surface area contributed by atoms with Crippen molar-refractivity contribution in [1.82, 2.24) is 4.90 Å². The molecule has 3 rings (SSSR count). The maximum Gasteiger partial charge on any atom is 0.264 e. The number of para-hydroxylation sites is 1. The van der Waals surface area contributed by atoms with E-state index in [1.54, 1.807) is 0 Å². The lowest BCUT2D eigenvalue weighted by atomic mass is 9.93. The molecule has 0 aromatic heterocycles. The number of rotatable bonds is 2. The fourth-order valence-corrected chi connectivity index (χ4v) is 3.14. The molecular weight excluding hydrogens is 268 g/mol. The van der Waals surface area contributed by atoms with Crippen molar-refractivity contribution in [2.24, 2.45) is 11.1 Å². The van der Waals surface area contributed by atoms with Gasteiger partial charge in [0, 0.05) is 31.8 Å². The number of nitrogens with zero attached hydrogens (tertiary/aromatic N) is 2. The number of piperidine rings is 1. The first-order valence-electron chi connectivity index (χ1n) is 7.47. The van der Waals surface area contributed by atoms with Crippen LogP contribution >= 0.6 is 0 Å². The molecule has 2 unspecified atom stereocenters. The van der Waals surface area contributed by atoms with Crippen molar-refractivity contribution in [3.05, 3.63) is 29.8 Å². The second-order valence-corrected chi connectivity index (χ2v) is 5.65. The Bertz CT molecular complexity index is 545. The smallest absolute Gasteiger partial charge is 0.264 e. The molecule has 1 N–H and O–H groups in total. The number of oxime groups is 1. The minimum absolute atomic E-state index is 0.0432. The maximum absolute atomic E-state index is 12.6. The van der Waals surface area contributed by atoms with Gasteiger partial charge >= 0.3 is 0 Å². The summed E-state index contributed by atoms with van der Waals surface area (Å²) in [6.45, 7) is 3.27. The average Bonchev–Trinajstić information content (AvgIpc) is 2.97. The molecular formula is C16H20N2O3. The predicted molar refractivity (Wildman–Crippen MR) is 78.8 cm³/mol. The Hall–Kier alpha value is -2.04. The summed E-state index contributed by atoms with van der Waals surface area (Å²) < 4.78 is 5.77. The van der Waals surface area contributed by atoms with Crippen LogP contribution in [0.2, 0.25) is 0 Å². The van der Waals surface area contributed by atoms with Crippen LogP contribution < -0.4 is 4.74 Å². The van der Waals surface area contributed by atoms with Crippen LogP contribution in [0.3, 0.4) is 0 Å². The van der Waals surface area contributed by atoms with Gasteiger partial charge in [0.2, 0.25) is 0 Å². The van der Waals surface area contributed by atoms with E-state index in [1.807, 2.05) is 36.1 Å². The van der Waals surface area contributed by atoms with Crippen molar-refractivity contribution in [2.75, 3.05) is 13.1 Å². The number of benzene rings is 1. The van der Waals surface area contributed by atoms with Crippen molar-refractivity contribution in [3.8, 4) is 5.75 Å². The molecule has 0 bridgehead atoms. The van der Waals surface area contributed by atoms with Crippen LogP contribution in [0.5, 0.6) is 5.75 Å². The Morgan fingerprint density at radius 3 is 3.00 bits per heavy atom. The molecule has 1 aromatic rings. The van der Waals surface area contributed by atoms with Crippen molar-refractivity contribution in [3.63, 3.8) is 0 Å². The largest absolute Gasteiger partial charge is 0.480 e. The first-order chi connectivity index (χ1) is 10.2. The van der Waals surface area contributed by atoms with E-state index in [-0.39, 0.29) is 11.8 Å². The van der Waals surface area contributed by atoms with E-state index in [0.29, 0.717) is 25.9 Å². The summed E-state index contributed by atoms with van der Waals surface area (Å²) in [7, 11) is 0. The summed E-state index contributed by atoms with van der Waals surface area (Å²) in [5.41, 5.74) is 1.90. The third kappa shape index (κ3) is 2.60. The van der Waals surface area contributed by atoms with Crippen molar-refractivity contribution < 1.29 is 14.7 Å². The highest BCUT2D eigenvalue weighted by molar-refractivity contribution is 5.90. The molecule has 1 amide bonds. The normalized spacial score (nSPS) is 26.5. The number of ether oxygens (including phenoxy) is 1. The maximum atomic E-state index is 12.6. The summed E-state index contributed by atoms with van der Waals surface area (Å²) in [6.07, 6.45) is 1.74. The van der Waals surface area contributed by atoms with Gasteiger partial charge in [-0.2, -0.15) is 0 Å². The molecule has 1 saturated heterocycles. The topological polar surface area (TPSA) is 62.1 Å². The molecule has 21 heavy (non-hydrogen) atoms. The standard InChI is InChI=1S/C16H20N2O3/c1-2-11-10-18(8-7-13(11)17-20)16(19)15-9-12-5-3-4-6-14(12)21-15/h3-6,11,15,20H,2,7-10H2,1H3/b17-13+. The number of likely N-dealkylation sites (tertiary alicyclic amines) is 1. The molecule has 0 radical (unpaired) electrons. The Kier molecular flexibility index (Phi) is 3.82. The van der Waals surface area contributed by atoms with Crippen LogP contribution in [-0.2, 0) is 11.2 Å². The number of carbonyl (C=O) groups excluding carboxylic acids is 1. The van der Waals surface area contributed by atoms with Gasteiger partial charge in [0.15, 0.2) is 6.10 Å². The molecule has 5 nitrogen and oxygen atoms in total. The Balaban J connectivity index is 1.67. The van der Waals surface area contributed by atoms with Crippen molar-refractivity contribution in [1.29, 1.82) is 0 Å². The van der Waals surface area contributed by atoms with Crippen LogP contribution in [0.1, 0.15) is 25.3 Å². The van der Waals surface area contributed by atoms with E-state index >= 15 is 0 Å². The second-order valence-electron chi connectivity index (χ2n) is 5.65. The highest BCUT2D eigenvalue weighted by Crippen LogP contribution is 2.29. The van der Waals surface area contributed by atoms with Gasteiger partial charge in [0.1, 0.15) is 5.75 Å². The summed E-state index contributed by atoms with van der Waals surface area (Å²) in [5, 5.41) is 12.4. The van der Waals surface area contributed by atoms with Crippen molar-refractivity contribution >= 4 is 11.6 Å². The highest BCUT2D eigenvalue weighted by atomic mass is 16.5. The average molecular weight is 288 g/mol. The molecule has 1 aromatic carbocycles. The summed E-state index contributed by atoms with van der Waals surface area (Å²) in [5.74, 6) is 1.01. The second kappa shape index (κ2) is 5.76. The molecule has 2 heterocycles. The number of carbonyl (C=O) groups is 1. The third-order valence-corrected chi connectivity index (χ3v) is 4.41. The molecule has 112 valence electrons. The van der Waals surface area contributed by atoms with Crippen LogP contribution in [0.25, 0.3) is 0 Å². The summed E-state index contributed by atoms with van der Waals surface area (Å²) >= 11 is 0. The first kappa shape index (κ1) is 13.9. The molecule has 2 atom stereocenters. The zero-order chi connectivity index (χ0) is 14.8. The summed E-state index contributed by atoms with van der Waals surface area (Å²) in [4.78, 5) is 14.5. The van der Waals surface area contributed by atoms with Gasteiger partial charge in [0.25, 0.3) is 5.91 Å². The van der Waals surface area contributed by atoms with E-state index in [9.17, 15) is 4.79 Å². The van der Waals surface area contributed by atoms with E-state index < -0.39 is 6.10 Å². The van der Waals surface area contributed by atoms with Gasteiger partial charge in [-0.3, -0.25) is 4.79 Å². The first-order valence-corrected chi connectivity index (χ1v) is 7.47. The molecule has 1 fully saturated rings. The van der Waals surface area contributed by atoms with Crippen LogP contribution in [-0.4, -0.2) is 40.9 Å². The minimum atomic E-state index is -0.410. The van der Waals surface area contributed by atoms with Gasteiger partial charge < -0.3 is 14.8 Å². The third-order valence-electron chi connectivity index (χ3n) is 4.41. The predicted octanol–water partition coefficient (Wildman–Crippen LogP) is 2.08. The number of hydrogen-bond acceptors (Lipinski definition) is 4.